The molecule has 2 aromatic rings. The summed E-state index contributed by atoms with van der Waals surface area (Å²) in [5.41, 5.74) is 0.913. The predicted octanol–water partition coefficient (Wildman–Crippen LogP) is 1.99. The Morgan fingerprint density at radius 3 is 2.55 bits per heavy atom. The van der Waals surface area contributed by atoms with Gasteiger partial charge in [-0.1, -0.05) is 24.3 Å². The van der Waals surface area contributed by atoms with Crippen LogP contribution in [-0.2, 0) is 14.4 Å². The molecule has 0 aromatic heterocycles. The SMILES string of the molecule is COc1cc(/C=C2\C(=O)NC(=S)N(c3ccccc3)C2=O)ccc1OCC(=O)O. The van der Waals surface area contributed by atoms with Crippen LogP contribution < -0.4 is 19.7 Å². The number of carbonyl (C=O) groups excluding carboxylic acids is 2. The quantitative estimate of drug-likeness (QED) is 0.425. The number of thiocarbonyl (C=S) groups is 1. The lowest BCUT2D eigenvalue weighted by Gasteiger charge is -2.28. The lowest BCUT2D eigenvalue weighted by Crippen LogP contribution is -2.54. The van der Waals surface area contributed by atoms with E-state index in [1.165, 1.54) is 30.2 Å². The second kappa shape index (κ2) is 8.53. The molecule has 0 saturated carbocycles. The van der Waals surface area contributed by atoms with Crippen molar-refractivity contribution in [2.24, 2.45) is 0 Å². The number of aliphatic carboxylic acids is 1. The highest BCUT2D eigenvalue weighted by molar-refractivity contribution is 7.80. The number of amides is 2. The maximum absolute atomic E-state index is 12.9. The summed E-state index contributed by atoms with van der Waals surface area (Å²) in [6, 6.07) is 13.3. The van der Waals surface area contributed by atoms with E-state index in [-0.39, 0.29) is 22.2 Å². The van der Waals surface area contributed by atoms with Gasteiger partial charge in [-0.15, -0.1) is 0 Å². The van der Waals surface area contributed by atoms with Gasteiger partial charge in [-0.25, -0.2) is 4.79 Å². The third-order valence-electron chi connectivity index (χ3n) is 3.97. The van der Waals surface area contributed by atoms with E-state index in [1.807, 2.05) is 0 Å². The molecule has 1 heterocycles. The van der Waals surface area contributed by atoms with Crippen LogP contribution in [0.3, 0.4) is 0 Å². The molecule has 0 radical (unpaired) electrons. The van der Waals surface area contributed by atoms with Gasteiger partial charge in [0.05, 0.1) is 12.8 Å². The summed E-state index contributed by atoms with van der Waals surface area (Å²) >= 11 is 5.15. The Hall–Kier alpha value is -3.72. The van der Waals surface area contributed by atoms with E-state index in [4.69, 9.17) is 26.8 Å². The fourth-order valence-corrected chi connectivity index (χ4v) is 2.95. The van der Waals surface area contributed by atoms with Crippen molar-refractivity contribution in [2.75, 3.05) is 18.6 Å². The van der Waals surface area contributed by atoms with Gasteiger partial charge in [-0.2, -0.15) is 0 Å². The minimum absolute atomic E-state index is 0.00153. The fourth-order valence-electron chi connectivity index (χ4n) is 2.67. The first-order valence-corrected chi connectivity index (χ1v) is 8.80. The Labute approximate surface area is 171 Å². The molecule has 1 aliphatic rings. The summed E-state index contributed by atoms with van der Waals surface area (Å²) < 4.78 is 10.4. The maximum atomic E-state index is 12.9. The summed E-state index contributed by atoms with van der Waals surface area (Å²) in [6.45, 7) is -0.527. The molecule has 3 rings (SSSR count). The van der Waals surface area contributed by atoms with Crippen LogP contribution in [0.2, 0.25) is 0 Å². The van der Waals surface area contributed by atoms with Crippen molar-refractivity contribution in [3.05, 3.63) is 59.7 Å². The van der Waals surface area contributed by atoms with Crippen LogP contribution >= 0.6 is 12.2 Å². The summed E-state index contributed by atoms with van der Waals surface area (Å²) in [4.78, 5) is 37.2. The van der Waals surface area contributed by atoms with Crippen LogP contribution in [0.15, 0.2) is 54.1 Å². The van der Waals surface area contributed by atoms with Crippen molar-refractivity contribution in [3.8, 4) is 11.5 Å². The molecular formula is C20H16N2O6S. The molecule has 0 aliphatic carbocycles. The van der Waals surface area contributed by atoms with Crippen LogP contribution in [-0.4, -0.2) is 41.7 Å². The first-order chi connectivity index (χ1) is 13.9. The molecule has 29 heavy (non-hydrogen) atoms. The van der Waals surface area contributed by atoms with Gasteiger partial charge in [-0.05, 0) is 48.1 Å². The topological polar surface area (TPSA) is 105 Å². The van der Waals surface area contributed by atoms with Crippen LogP contribution in [0.4, 0.5) is 5.69 Å². The maximum Gasteiger partial charge on any atom is 0.341 e. The number of ether oxygens (including phenoxy) is 2. The van der Waals surface area contributed by atoms with Gasteiger partial charge in [-0.3, -0.25) is 19.8 Å². The average molecular weight is 412 g/mol. The van der Waals surface area contributed by atoms with Gasteiger partial charge in [0, 0.05) is 0 Å². The van der Waals surface area contributed by atoms with Gasteiger partial charge in [0.15, 0.2) is 23.2 Å². The number of methoxy groups -OCH3 is 1. The normalized spacial score (nSPS) is 15.3. The zero-order valence-corrected chi connectivity index (χ0v) is 16.1. The number of carboxylic acid groups (broad SMARTS) is 1. The van der Waals surface area contributed by atoms with E-state index in [0.29, 0.717) is 11.3 Å². The molecule has 1 saturated heterocycles. The van der Waals surface area contributed by atoms with Gasteiger partial charge < -0.3 is 14.6 Å². The second-order valence-corrected chi connectivity index (χ2v) is 6.27. The van der Waals surface area contributed by atoms with E-state index in [9.17, 15) is 14.4 Å². The highest BCUT2D eigenvalue weighted by Crippen LogP contribution is 2.29. The number of carbonyl (C=O) groups is 3. The standard InChI is InChI=1S/C20H16N2O6S/c1-27-16-10-12(7-8-15(16)28-11-17(23)24)9-14-18(25)21-20(29)22(19(14)26)13-5-3-2-4-6-13/h2-10H,11H2,1H3,(H,23,24)(H,21,25,29)/b14-9+. The number of nitrogens with one attached hydrogen (secondary N) is 1. The third kappa shape index (κ3) is 4.41. The summed E-state index contributed by atoms with van der Waals surface area (Å²) in [6.07, 6.45) is 1.40. The number of anilines is 1. The molecule has 0 unspecified atom stereocenters. The lowest BCUT2D eigenvalue weighted by molar-refractivity contribution is -0.139. The Kier molecular flexibility index (Phi) is 5.89. The molecule has 9 heteroatoms. The molecule has 0 bridgehead atoms. The van der Waals surface area contributed by atoms with E-state index in [1.54, 1.807) is 36.4 Å². The summed E-state index contributed by atoms with van der Waals surface area (Å²) in [5.74, 6) is -1.81. The number of hydrogen-bond donors (Lipinski definition) is 2. The third-order valence-corrected chi connectivity index (χ3v) is 4.25. The zero-order chi connectivity index (χ0) is 21.0. The molecule has 148 valence electrons. The van der Waals surface area contributed by atoms with Crippen LogP contribution in [0.25, 0.3) is 6.08 Å². The Morgan fingerprint density at radius 2 is 1.90 bits per heavy atom. The number of hydrogen-bond acceptors (Lipinski definition) is 6. The van der Waals surface area contributed by atoms with Crippen LogP contribution in [0, 0.1) is 0 Å². The number of nitrogens with zero attached hydrogens (tertiary/aromatic N) is 1. The van der Waals surface area contributed by atoms with Crippen molar-refractivity contribution in [3.63, 3.8) is 0 Å². The molecule has 2 amide bonds. The molecule has 0 spiro atoms. The molecule has 2 N–H and O–H groups in total. The molecule has 2 aromatic carbocycles. The molecule has 8 nitrogen and oxygen atoms in total. The van der Waals surface area contributed by atoms with Crippen molar-refractivity contribution in [2.45, 2.75) is 0 Å². The average Bonchev–Trinajstić information content (AvgIpc) is 2.70. The molecule has 1 fully saturated rings. The highest BCUT2D eigenvalue weighted by atomic mass is 32.1. The smallest absolute Gasteiger partial charge is 0.341 e. The van der Waals surface area contributed by atoms with Gasteiger partial charge >= 0.3 is 5.97 Å². The minimum atomic E-state index is -1.13. The number of rotatable bonds is 6. The molecular weight excluding hydrogens is 396 g/mol. The first-order valence-electron chi connectivity index (χ1n) is 8.40. The van der Waals surface area contributed by atoms with Gasteiger partial charge in [0.25, 0.3) is 11.8 Å². The van der Waals surface area contributed by atoms with E-state index in [2.05, 4.69) is 5.32 Å². The van der Waals surface area contributed by atoms with Crippen molar-refractivity contribution < 1.29 is 29.0 Å². The van der Waals surface area contributed by atoms with E-state index >= 15 is 0 Å². The van der Waals surface area contributed by atoms with Crippen molar-refractivity contribution in [1.29, 1.82) is 0 Å². The largest absolute Gasteiger partial charge is 0.493 e. The lowest BCUT2D eigenvalue weighted by atomic mass is 10.1. The van der Waals surface area contributed by atoms with Crippen molar-refractivity contribution >= 4 is 46.9 Å². The van der Waals surface area contributed by atoms with Crippen molar-refractivity contribution in [1.82, 2.24) is 5.32 Å². The number of benzene rings is 2. The zero-order valence-electron chi connectivity index (χ0n) is 15.2. The summed E-state index contributed by atoms with van der Waals surface area (Å²) in [5, 5.41) is 11.2. The van der Waals surface area contributed by atoms with Gasteiger partial charge in [0.2, 0.25) is 0 Å². The summed E-state index contributed by atoms with van der Waals surface area (Å²) in [7, 11) is 1.40. The van der Waals surface area contributed by atoms with Crippen LogP contribution in [0.5, 0.6) is 11.5 Å². The Balaban J connectivity index is 1.93. The Bertz CT molecular complexity index is 1020. The monoisotopic (exact) mass is 412 g/mol. The van der Waals surface area contributed by atoms with E-state index in [0.717, 1.165) is 0 Å². The highest BCUT2D eigenvalue weighted by Gasteiger charge is 2.34. The predicted molar refractivity (Wildman–Crippen MR) is 109 cm³/mol. The molecule has 1 aliphatic heterocycles. The minimum Gasteiger partial charge on any atom is -0.493 e. The fraction of sp³-hybridized carbons (Fsp3) is 0.100. The van der Waals surface area contributed by atoms with Crippen LogP contribution in [0.1, 0.15) is 5.56 Å². The first kappa shape index (κ1) is 20.0. The molecule has 0 atom stereocenters. The Morgan fingerprint density at radius 1 is 1.17 bits per heavy atom. The van der Waals surface area contributed by atoms with E-state index < -0.39 is 24.4 Å². The number of para-hydroxylation sites is 1. The second-order valence-electron chi connectivity index (χ2n) is 5.89. The van der Waals surface area contributed by atoms with Gasteiger partial charge in [0.1, 0.15) is 5.57 Å². The number of carboxylic acids is 1.